The summed E-state index contributed by atoms with van der Waals surface area (Å²) in [5, 5.41) is 3.27. The molecule has 2 atom stereocenters. The molecule has 1 N–H and O–H groups in total. The van der Waals surface area contributed by atoms with Gasteiger partial charge < -0.3 is 5.32 Å². The van der Waals surface area contributed by atoms with Crippen LogP contribution in [0.5, 0.6) is 0 Å². The molecule has 0 aromatic heterocycles. The van der Waals surface area contributed by atoms with Gasteiger partial charge in [0.15, 0.2) is 0 Å². The quantitative estimate of drug-likeness (QED) is 0.761. The molecule has 0 aliphatic heterocycles. The zero-order chi connectivity index (χ0) is 9.97. The van der Waals surface area contributed by atoms with Gasteiger partial charge in [0.05, 0.1) is 0 Å². The standard InChI is InChI=1S/C12H16FN/c1-14-12-8-4-6-10(12)9-5-2-3-7-11(9)13/h2-3,5,7,10,12,14H,4,6,8H2,1H3. The van der Waals surface area contributed by atoms with E-state index in [9.17, 15) is 4.39 Å². The zero-order valence-corrected chi connectivity index (χ0v) is 8.46. The van der Waals surface area contributed by atoms with Crippen molar-refractivity contribution >= 4 is 0 Å². The van der Waals surface area contributed by atoms with Crippen molar-refractivity contribution in [3.63, 3.8) is 0 Å². The second-order valence-electron chi connectivity index (χ2n) is 3.95. The Morgan fingerprint density at radius 3 is 2.79 bits per heavy atom. The van der Waals surface area contributed by atoms with Gasteiger partial charge in [0.25, 0.3) is 0 Å². The molecule has 0 saturated heterocycles. The summed E-state index contributed by atoms with van der Waals surface area (Å²) in [4.78, 5) is 0. The minimum absolute atomic E-state index is 0.0559. The second kappa shape index (κ2) is 4.09. The molecule has 76 valence electrons. The number of hydrogen-bond acceptors (Lipinski definition) is 1. The summed E-state index contributed by atoms with van der Waals surface area (Å²) in [5.74, 6) is 0.306. The van der Waals surface area contributed by atoms with Crippen molar-refractivity contribution in [1.82, 2.24) is 5.32 Å². The third-order valence-electron chi connectivity index (χ3n) is 3.19. The maximum Gasteiger partial charge on any atom is 0.126 e. The van der Waals surface area contributed by atoms with E-state index in [1.807, 2.05) is 19.2 Å². The minimum Gasteiger partial charge on any atom is -0.316 e. The fourth-order valence-corrected chi connectivity index (χ4v) is 2.45. The first-order valence-corrected chi connectivity index (χ1v) is 5.24. The topological polar surface area (TPSA) is 12.0 Å². The van der Waals surface area contributed by atoms with Crippen LogP contribution in [0.2, 0.25) is 0 Å². The van der Waals surface area contributed by atoms with E-state index >= 15 is 0 Å². The maximum atomic E-state index is 13.5. The predicted octanol–water partition coefficient (Wildman–Crippen LogP) is 2.68. The van der Waals surface area contributed by atoms with Crippen molar-refractivity contribution in [1.29, 1.82) is 0 Å². The normalized spacial score (nSPS) is 26.7. The van der Waals surface area contributed by atoms with Gasteiger partial charge in [-0.2, -0.15) is 0 Å². The lowest BCUT2D eigenvalue weighted by Crippen LogP contribution is -2.27. The minimum atomic E-state index is -0.0559. The Hall–Kier alpha value is -0.890. The van der Waals surface area contributed by atoms with E-state index in [-0.39, 0.29) is 5.82 Å². The molecule has 2 unspecified atom stereocenters. The van der Waals surface area contributed by atoms with Crippen LogP contribution in [0, 0.1) is 5.82 Å². The van der Waals surface area contributed by atoms with Gasteiger partial charge in [-0.3, -0.25) is 0 Å². The molecule has 1 saturated carbocycles. The van der Waals surface area contributed by atoms with Crippen molar-refractivity contribution in [2.75, 3.05) is 7.05 Å². The van der Waals surface area contributed by atoms with Gasteiger partial charge in [-0.25, -0.2) is 4.39 Å². The molecule has 14 heavy (non-hydrogen) atoms. The van der Waals surface area contributed by atoms with Crippen LogP contribution < -0.4 is 5.32 Å². The fourth-order valence-electron chi connectivity index (χ4n) is 2.45. The molecule has 0 amide bonds. The summed E-state index contributed by atoms with van der Waals surface area (Å²) in [7, 11) is 1.96. The molecule has 1 nitrogen and oxygen atoms in total. The Labute approximate surface area is 84.3 Å². The molecule has 2 rings (SSSR count). The maximum absolute atomic E-state index is 13.5. The molecule has 1 aliphatic rings. The second-order valence-corrected chi connectivity index (χ2v) is 3.95. The molecule has 0 radical (unpaired) electrons. The van der Waals surface area contributed by atoms with E-state index in [4.69, 9.17) is 0 Å². The zero-order valence-electron chi connectivity index (χ0n) is 8.46. The first kappa shape index (κ1) is 9.66. The largest absolute Gasteiger partial charge is 0.316 e. The monoisotopic (exact) mass is 193 g/mol. The summed E-state index contributed by atoms with van der Waals surface area (Å²) in [5.41, 5.74) is 0.879. The molecule has 0 heterocycles. The third-order valence-corrected chi connectivity index (χ3v) is 3.19. The van der Waals surface area contributed by atoms with Crippen LogP contribution in [0.4, 0.5) is 4.39 Å². The van der Waals surface area contributed by atoms with Crippen molar-refractivity contribution in [3.8, 4) is 0 Å². The number of halogens is 1. The number of rotatable bonds is 2. The number of hydrogen-bond donors (Lipinski definition) is 1. The Bertz CT molecular complexity index is 311. The number of benzene rings is 1. The highest BCUT2D eigenvalue weighted by molar-refractivity contribution is 5.24. The van der Waals surface area contributed by atoms with Crippen LogP contribution in [-0.4, -0.2) is 13.1 Å². The molecule has 0 spiro atoms. The highest BCUT2D eigenvalue weighted by atomic mass is 19.1. The van der Waals surface area contributed by atoms with E-state index in [0.717, 1.165) is 18.4 Å². The first-order chi connectivity index (χ1) is 6.83. The smallest absolute Gasteiger partial charge is 0.126 e. The molecule has 2 heteroatoms. The number of likely N-dealkylation sites (N-methyl/N-ethyl adjacent to an activating group) is 1. The van der Waals surface area contributed by atoms with E-state index in [1.54, 1.807) is 12.1 Å². The van der Waals surface area contributed by atoms with Crippen LogP contribution >= 0.6 is 0 Å². The highest BCUT2D eigenvalue weighted by Gasteiger charge is 2.28. The lowest BCUT2D eigenvalue weighted by atomic mass is 9.94. The van der Waals surface area contributed by atoms with Gasteiger partial charge in [0.1, 0.15) is 5.82 Å². The molecule has 1 fully saturated rings. The van der Waals surface area contributed by atoms with Crippen molar-refractivity contribution in [2.24, 2.45) is 0 Å². The van der Waals surface area contributed by atoms with Crippen LogP contribution in [0.15, 0.2) is 24.3 Å². The van der Waals surface area contributed by atoms with Crippen molar-refractivity contribution < 1.29 is 4.39 Å². The SMILES string of the molecule is CNC1CCCC1c1ccccc1F. The van der Waals surface area contributed by atoms with Crippen molar-refractivity contribution in [2.45, 2.75) is 31.2 Å². The van der Waals surface area contributed by atoms with E-state index in [0.29, 0.717) is 12.0 Å². The van der Waals surface area contributed by atoms with Gasteiger partial charge in [-0.05, 0) is 31.5 Å². The highest BCUT2D eigenvalue weighted by Crippen LogP contribution is 2.35. The molecule has 1 aromatic rings. The Balaban J connectivity index is 2.26. The molecule has 0 bridgehead atoms. The van der Waals surface area contributed by atoms with Gasteiger partial charge in [0.2, 0.25) is 0 Å². The fraction of sp³-hybridized carbons (Fsp3) is 0.500. The third kappa shape index (κ3) is 1.67. The molecular weight excluding hydrogens is 177 g/mol. The van der Waals surface area contributed by atoms with Crippen LogP contribution in [-0.2, 0) is 0 Å². The summed E-state index contributed by atoms with van der Waals surface area (Å²) in [6.07, 6.45) is 3.46. The van der Waals surface area contributed by atoms with E-state index in [1.165, 1.54) is 6.42 Å². The summed E-state index contributed by atoms with van der Waals surface area (Å²) in [6.45, 7) is 0. The molecular formula is C12H16FN. The summed E-state index contributed by atoms with van der Waals surface area (Å²) < 4.78 is 13.5. The van der Waals surface area contributed by atoms with E-state index < -0.39 is 0 Å². The summed E-state index contributed by atoms with van der Waals surface area (Å²) in [6, 6.07) is 7.59. The van der Waals surface area contributed by atoms with Gasteiger partial charge in [-0.15, -0.1) is 0 Å². The van der Waals surface area contributed by atoms with Crippen LogP contribution in [0.3, 0.4) is 0 Å². The Morgan fingerprint density at radius 1 is 1.29 bits per heavy atom. The van der Waals surface area contributed by atoms with Crippen LogP contribution in [0.1, 0.15) is 30.7 Å². The van der Waals surface area contributed by atoms with Gasteiger partial charge >= 0.3 is 0 Å². The lowest BCUT2D eigenvalue weighted by Gasteiger charge is -2.19. The molecule has 1 aromatic carbocycles. The van der Waals surface area contributed by atoms with Crippen LogP contribution in [0.25, 0.3) is 0 Å². The summed E-state index contributed by atoms with van der Waals surface area (Å²) >= 11 is 0. The lowest BCUT2D eigenvalue weighted by molar-refractivity contribution is 0.497. The first-order valence-electron chi connectivity index (χ1n) is 5.24. The number of nitrogens with one attached hydrogen (secondary N) is 1. The van der Waals surface area contributed by atoms with Gasteiger partial charge in [-0.1, -0.05) is 24.6 Å². The predicted molar refractivity (Wildman–Crippen MR) is 55.8 cm³/mol. The average molecular weight is 193 g/mol. The van der Waals surface area contributed by atoms with Crippen molar-refractivity contribution in [3.05, 3.63) is 35.6 Å². The van der Waals surface area contributed by atoms with Gasteiger partial charge in [0, 0.05) is 12.0 Å². The Morgan fingerprint density at radius 2 is 2.07 bits per heavy atom. The Kier molecular flexibility index (Phi) is 2.82. The average Bonchev–Trinajstić information content (AvgIpc) is 2.66. The molecule has 1 aliphatic carbocycles. The van der Waals surface area contributed by atoms with E-state index in [2.05, 4.69) is 5.32 Å².